The van der Waals surface area contributed by atoms with Crippen LogP contribution in [0, 0.1) is 18.7 Å². The zero-order chi connectivity index (χ0) is 31.3. The summed E-state index contributed by atoms with van der Waals surface area (Å²) >= 11 is 0. The van der Waals surface area contributed by atoms with Gasteiger partial charge in [0.1, 0.15) is 11.9 Å². The molecule has 1 heterocycles. The van der Waals surface area contributed by atoms with Crippen molar-refractivity contribution in [1.82, 2.24) is 26.2 Å². The van der Waals surface area contributed by atoms with Gasteiger partial charge in [0.05, 0.1) is 6.54 Å². The molecule has 0 aromatic heterocycles. The monoisotopic (exact) mass is 583 g/mol. The number of benzene rings is 2. The van der Waals surface area contributed by atoms with Gasteiger partial charge in [0.2, 0.25) is 11.8 Å². The van der Waals surface area contributed by atoms with E-state index in [0.717, 1.165) is 37.1 Å². The fourth-order valence-electron chi connectivity index (χ4n) is 4.34. The molecule has 0 bridgehead atoms. The molecule has 1 aliphatic heterocycles. The maximum absolute atomic E-state index is 12.8. The van der Waals surface area contributed by atoms with Gasteiger partial charge >= 0.3 is 0 Å². The zero-order valence-corrected chi connectivity index (χ0v) is 26.9. The Morgan fingerprint density at radius 1 is 1.00 bits per heavy atom. The molecule has 234 valence electrons. The fourth-order valence-corrected chi connectivity index (χ4v) is 4.34. The standard InChI is InChI=1S/C24H39N5O2.C7H7F.C3H8/c1-5-21-15-25-12-8-11-19-9-6-7-10-20(19)13-18(2)14-27-24(31)22(17-29(3)4)28-23(30)16-26-21;1-6-3-2-4-7(8)5-6;1-3-2/h5-7,9-10,18,22,25-26H,8,11-17H2,1-4H3,(H,27,31)(H,28,30);2-5H,1H3;3H2,1-2H3. The number of likely N-dealkylation sites (N-methyl/N-ethyl adjacent to an activating group) is 1. The molecule has 0 radical (unpaired) electrons. The molecular weight excluding hydrogens is 529 g/mol. The van der Waals surface area contributed by atoms with Crippen molar-refractivity contribution in [3.63, 3.8) is 0 Å². The van der Waals surface area contributed by atoms with E-state index >= 15 is 0 Å². The first-order valence-electron chi connectivity index (χ1n) is 15.2. The van der Waals surface area contributed by atoms with E-state index in [1.807, 2.05) is 45.0 Å². The lowest BCUT2D eigenvalue weighted by Crippen LogP contribution is -2.53. The summed E-state index contributed by atoms with van der Waals surface area (Å²) in [4.78, 5) is 27.2. The van der Waals surface area contributed by atoms with Crippen molar-refractivity contribution in [3.8, 4) is 0 Å². The van der Waals surface area contributed by atoms with Crippen LogP contribution in [0.25, 0.3) is 0 Å². The van der Waals surface area contributed by atoms with Crippen molar-refractivity contribution in [2.45, 2.75) is 66.3 Å². The second-order valence-electron chi connectivity index (χ2n) is 11.2. The highest BCUT2D eigenvalue weighted by Gasteiger charge is 2.22. The van der Waals surface area contributed by atoms with Crippen LogP contribution in [0.15, 0.2) is 60.3 Å². The van der Waals surface area contributed by atoms with E-state index in [2.05, 4.69) is 66.3 Å². The van der Waals surface area contributed by atoms with Crippen LogP contribution in [0.4, 0.5) is 4.39 Å². The lowest BCUT2D eigenvalue weighted by molar-refractivity contribution is -0.129. The Morgan fingerprint density at radius 2 is 1.69 bits per heavy atom. The number of rotatable bonds is 2. The maximum Gasteiger partial charge on any atom is 0.243 e. The van der Waals surface area contributed by atoms with Crippen molar-refractivity contribution in [3.05, 3.63) is 82.8 Å². The van der Waals surface area contributed by atoms with Gasteiger partial charge in [-0.3, -0.25) is 9.59 Å². The third-order valence-corrected chi connectivity index (χ3v) is 6.43. The van der Waals surface area contributed by atoms with Crippen LogP contribution in [-0.2, 0) is 22.4 Å². The molecule has 7 nitrogen and oxygen atoms in total. The SMILES string of the molecule is CC=C1CNCCCc2ccccc2CC(C)CNC(=O)C(CN(C)C)NC(=O)CN1.CCC.Cc1cccc(F)c1. The molecule has 2 aromatic rings. The Bertz CT molecular complexity index is 1070. The number of halogens is 1. The highest BCUT2D eigenvalue weighted by atomic mass is 19.1. The normalized spacial score (nSPS) is 19.8. The number of hydrogen-bond acceptors (Lipinski definition) is 5. The van der Waals surface area contributed by atoms with Crippen molar-refractivity contribution in [1.29, 1.82) is 0 Å². The first-order valence-corrected chi connectivity index (χ1v) is 15.2. The van der Waals surface area contributed by atoms with Gasteiger partial charge in [-0.25, -0.2) is 4.39 Å². The van der Waals surface area contributed by atoms with E-state index in [4.69, 9.17) is 0 Å². The lowest BCUT2D eigenvalue weighted by Gasteiger charge is -2.23. The first kappa shape index (κ1) is 36.8. The molecule has 0 aliphatic carbocycles. The number of fused-ring (bicyclic) bond motifs is 1. The zero-order valence-electron chi connectivity index (χ0n) is 26.9. The van der Waals surface area contributed by atoms with Crippen LogP contribution in [0.1, 0.15) is 57.2 Å². The number of hydrogen-bond donors (Lipinski definition) is 4. The molecule has 2 unspecified atom stereocenters. The molecule has 0 spiro atoms. The molecule has 3 rings (SSSR count). The molecule has 0 saturated heterocycles. The quantitative estimate of drug-likeness (QED) is 0.415. The topological polar surface area (TPSA) is 85.5 Å². The number of allylic oxidation sites excluding steroid dienone is 1. The van der Waals surface area contributed by atoms with Crippen LogP contribution in [0.3, 0.4) is 0 Å². The summed E-state index contributed by atoms with van der Waals surface area (Å²) in [6, 6.07) is 14.5. The van der Waals surface area contributed by atoms with E-state index in [-0.39, 0.29) is 24.2 Å². The number of aryl methyl sites for hydroxylation is 2. The number of nitrogens with zero attached hydrogens (tertiary/aromatic N) is 1. The lowest BCUT2D eigenvalue weighted by atomic mass is 9.94. The third kappa shape index (κ3) is 16.3. The van der Waals surface area contributed by atoms with Gasteiger partial charge in [-0.15, -0.1) is 0 Å². The highest BCUT2D eigenvalue weighted by Crippen LogP contribution is 2.15. The molecular formula is C34H54FN5O2. The van der Waals surface area contributed by atoms with E-state index in [0.29, 0.717) is 25.6 Å². The van der Waals surface area contributed by atoms with E-state index in [1.54, 1.807) is 6.07 Å². The Balaban J connectivity index is 0.000000671. The van der Waals surface area contributed by atoms with E-state index in [1.165, 1.54) is 29.7 Å². The Morgan fingerprint density at radius 3 is 2.29 bits per heavy atom. The van der Waals surface area contributed by atoms with Gasteiger partial charge in [-0.05, 0) is 88.5 Å². The Kier molecular flexibility index (Phi) is 18.8. The maximum atomic E-state index is 12.8. The summed E-state index contributed by atoms with van der Waals surface area (Å²) in [5.41, 5.74) is 4.66. The van der Waals surface area contributed by atoms with Crippen LogP contribution >= 0.6 is 0 Å². The Hall–Kier alpha value is -3.23. The molecule has 0 fully saturated rings. The average molecular weight is 584 g/mol. The molecule has 42 heavy (non-hydrogen) atoms. The van der Waals surface area contributed by atoms with Crippen molar-refractivity contribution < 1.29 is 14.0 Å². The predicted octanol–water partition coefficient (Wildman–Crippen LogP) is 4.61. The van der Waals surface area contributed by atoms with Crippen LogP contribution in [0.2, 0.25) is 0 Å². The number of nitrogens with one attached hydrogen (secondary N) is 4. The highest BCUT2D eigenvalue weighted by molar-refractivity contribution is 5.88. The summed E-state index contributed by atoms with van der Waals surface area (Å²) in [7, 11) is 3.79. The average Bonchev–Trinajstić information content (AvgIpc) is 2.93. The summed E-state index contributed by atoms with van der Waals surface area (Å²) in [6.45, 7) is 13.0. The van der Waals surface area contributed by atoms with E-state index in [9.17, 15) is 14.0 Å². The summed E-state index contributed by atoms with van der Waals surface area (Å²) < 4.78 is 12.2. The largest absolute Gasteiger partial charge is 0.379 e. The number of amides is 2. The molecule has 2 atom stereocenters. The summed E-state index contributed by atoms with van der Waals surface area (Å²) in [5.74, 6) is -0.192. The molecule has 1 aliphatic rings. The number of carbonyl (C=O) groups excluding carboxylic acids is 2. The molecule has 8 heteroatoms. The van der Waals surface area contributed by atoms with Crippen molar-refractivity contribution >= 4 is 11.8 Å². The van der Waals surface area contributed by atoms with Gasteiger partial charge in [0, 0.05) is 25.3 Å². The second kappa shape index (κ2) is 21.5. The van der Waals surface area contributed by atoms with Gasteiger partial charge in [0.15, 0.2) is 0 Å². The summed E-state index contributed by atoms with van der Waals surface area (Å²) in [6.07, 6.45) is 6.21. The van der Waals surface area contributed by atoms with Crippen molar-refractivity contribution in [2.75, 3.05) is 46.8 Å². The van der Waals surface area contributed by atoms with Gasteiger partial charge in [-0.1, -0.05) is 69.7 Å². The minimum Gasteiger partial charge on any atom is -0.379 e. The molecule has 0 saturated carbocycles. The molecule has 4 N–H and O–H groups in total. The van der Waals surface area contributed by atoms with Gasteiger partial charge < -0.3 is 26.2 Å². The number of carbonyl (C=O) groups is 2. The minimum atomic E-state index is -0.588. The third-order valence-electron chi connectivity index (χ3n) is 6.43. The Labute approximate surface area is 253 Å². The smallest absolute Gasteiger partial charge is 0.243 e. The summed E-state index contributed by atoms with van der Waals surface area (Å²) in [5, 5.41) is 12.5. The van der Waals surface area contributed by atoms with Gasteiger partial charge in [-0.2, -0.15) is 0 Å². The predicted molar refractivity (Wildman–Crippen MR) is 173 cm³/mol. The molecule has 2 amide bonds. The van der Waals surface area contributed by atoms with Crippen LogP contribution < -0.4 is 21.3 Å². The second-order valence-corrected chi connectivity index (χ2v) is 11.2. The van der Waals surface area contributed by atoms with E-state index < -0.39 is 6.04 Å². The van der Waals surface area contributed by atoms with Crippen molar-refractivity contribution in [2.24, 2.45) is 5.92 Å². The molecule has 2 aromatic carbocycles. The van der Waals surface area contributed by atoms with Gasteiger partial charge in [0.25, 0.3) is 0 Å². The fraction of sp³-hybridized carbons (Fsp3) is 0.529. The minimum absolute atomic E-state index is 0.141. The van der Waals surface area contributed by atoms with Crippen LogP contribution in [0.5, 0.6) is 0 Å². The van der Waals surface area contributed by atoms with Crippen LogP contribution in [-0.4, -0.2) is 69.6 Å². The first-order chi connectivity index (χ1) is 20.1.